The van der Waals surface area contributed by atoms with Crippen LogP contribution < -0.4 is 10.1 Å². The van der Waals surface area contributed by atoms with Gasteiger partial charge in [0.2, 0.25) is 0 Å². The summed E-state index contributed by atoms with van der Waals surface area (Å²) in [4.78, 5) is 23.9. The van der Waals surface area contributed by atoms with E-state index in [1.54, 1.807) is 42.1 Å². The lowest BCUT2D eigenvalue weighted by molar-refractivity contribution is -0.138. The largest absolute Gasteiger partial charge is 0.497 e. The summed E-state index contributed by atoms with van der Waals surface area (Å²) < 4.78 is 6.89. The van der Waals surface area contributed by atoms with Crippen LogP contribution in [-0.2, 0) is 16.9 Å². The Labute approximate surface area is 146 Å². The smallest absolute Gasteiger partial charge is 0.306 e. The number of aryl methyl sites for hydroxylation is 1. The van der Waals surface area contributed by atoms with Gasteiger partial charge in [-0.2, -0.15) is 5.10 Å². The standard InChI is InChI=1S/C18H23N3O4/c1-4-8-21-12-13(11-19-21)17(24)20-18(2,10-16(22)23)14-6-5-7-15(9-14)25-3/h5-7,9,11-12H,4,8,10H2,1-3H3,(H,20,24)(H,22,23). The van der Waals surface area contributed by atoms with Crippen LogP contribution in [0.1, 0.15) is 42.6 Å². The summed E-state index contributed by atoms with van der Waals surface area (Å²) in [6.45, 7) is 4.42. The van der Waals surface area contributed by atoms with E-state index in [1.165, 1.54) is 13.3 Å². The molecule has 0 saturated carbocycles. The van der Waals surface area contributed by atoms with Crippen LogP contribution in [0.4, 0.5) is 0 Å². The van der Waals surface area contributed by atoms with Gasteiger partial charge >= 0.3 is 5.97 Å². The van der Waals surface area contributed by atoms with Gasteiger partial charge < -0.3 is 15.2 Å². The second kappa shape index (κ2) is 7.83. The first-order valence-corrected chi connectivity index (χ1v) is 8.09. The Morgan fingerprint density at radius 2 is 2.16 bits per heavy atom. The molecule has 1 aromatic heterocycles. The van der Waals surface area contributed by atoms with Crippen LogP contribution >= 0.6 is 0 Å². The van der Waals surface area contributed by atoms with Crippen LogP contribution in [-0.4, -0.2) is 33.9 Å². The number of nitrogens with one attached hydrogen (secondary N) is 1. The van der Waals surface area contributed by atoms with Crippen molar-refractivity contribution in [1.82, 2.24) is 15.1 Å². The Balaban J connectivity index is 2.29. The average Bonchev–Trinajstić information content (AvgIpc) is 3.03. The van der Waals surface area contributed by atoms with Crippen LogP contribution in [0.5, 0.6) is 5.75 Å². The molecule has 0 saturated heterocycles. The van der Waals surface area contributed by atoms with Crippen molar-refractivity contribution in [3.8, 4) is 5.75 Å². The normalized spacial score (nSPS) is 13.1. The van der Waals surface area contributed by atoms with E-state index < -0.39 is 11.5 Å². The zero-order valence-electron chi connectivity index (χ0n) is 14.7. The van der Waals surface area contributed by atoms with Crippen molar-refractivity contribution in [2.45, 2.75) is 38.8 Å². The van der Waals surface area contributed by atoms with Crippen molar-refractivity contribution in [3.63, 3.8) is 0 Å². The predicted molar refractivity (Wildman–Crippen MR) is 92.6 cm³/mol. The molecule has 7 nitrogen and oxygen atoms in total. The molecular weight excluding hydrogens is 322 g/mol. The Bertz CT molecular complexity index is 756. The number of nitrogens with zero attached hydrogens (tertiary/aromatic N) is 2. The summed E-state index contributed by atoms with van der Waals surface area (Å²) in [5, 5.41) is 16.3. The SMILES string of the molecule is CCCn1cc(C(=O)NC(C)(CC(=O)O)c2cccc(OC)c2)cn1. The monoisotopic (exact) mass is 345 g/mol. The first kappa shape index (κ1) is 18.5. The molecule has 0 aliphatic rings. The first-order valence-electron chi connectivity index (χ1n) is 8.09. The molecule has 0 radical (unpaired) electrons. The molecule has 1 atom stereocenters. The van der Waals surface area contributed by atoms with Gasteiger partial charge in [-0.05, 0) is 31.0 Å². The predicted octanol–water partition coefficient (Wildman–Crippen LogP) is 2.42. The second-order valence-electron chi connectivity index (χ2n) is 6.08. The topological polar surface area (TPSA) is 93.5 Å². The van der Waals surface area contributed by atoms with Gasteiger partial charge in [0.05, 0.1) is 30.8 Å². The number of hydrogen-bond donors (Lipinski definition) is 2. The fourth-order valence-electron chi connectivity index (χ4n) is 2.64. The lowest BCUT2D eigenvalue weighted by Crippen LogP contribution is -2.45. The van der Waals surface area contributed by atoms with Crippen molar-refractivity contribution < 1.29 is 19.4 Å². The van der Waals surface area contributed by atoms with Crippen molar-refractivity contribution in [2.24, 2.45) is 0 Å². The summed E-state index contributed by atoms with van der Waals surface area (Å²) in [5.74, 6) is -0.777. The molecule has 1 unspecified atom stereocenters. The van der Waals surface area contributed by atoms with E-state index in [0.29, 0.717) is 16.9 Å². The van der Waals surface area contributed by atoms with Gasteiger partial charge in [-0.15, -0.1) is 0 Å². The van der Waals surface area contributed by atoms with Gasteiger partial charge in [0.25, 0.3) is 5.91 Å². The van der Waals surface area contributed by atoms with Gasteiger partial charge in [0.15, 0.2) is 0 Å². The van der Waals surface area contributed by atoms with Crippen molar-refractivity contribution in [3.05, 3.63) is 47.8 Å². The highest BCUT2D eigenvalue weighted by molar-refractivity contribution is 5.94. The number of aliphatic carboxylic acids is 1. The minimum atomic E-state index is -1.08. The molecule has 1 amide bonds. The number of carboxylic acids is 1. The Morgan fingerprint density at radius 1 is 1.40 bits per heavy atom. The van der Waals surface area contributed by atoms with E-state index in [9.17, 15) is 14.7 Å². The molecule has 134 valence electrons. The Morgan fingerprint density at radius 3 is 2.80 bits per heavy atom. The molecule has 7 heteroatoms. The molecule has 0 bridgehead atoms. The minimum Gasteiger partial charge on any atom is -0.497 e. The average molecular weight is 345 g/mol. The quantitative estimate of drug-likeness (QED) is 0.766. The molecule has 0 aliphatic heterocycles. The summed E-state index contributed by atoms with van der Waals surface area (Å²) in [7, 11) is 1.54. The third kappa shape index (κ3) is 4.59. The van der Waals surface area contributed by atoms with E-state index in [0.717, 1.165) is 13.0 Å². The lowest BCUT2D eigenvalue weighted by Gasteiger charge is -2.30. The molecule has 2 rings (SSSR count). The summed E-state index contributed by atoms with van der Waals surface area (Å²) in [6, 6.07) is 7.02. The van der Waals surface area contributed by atoms with Crippen LogP contribution in [0.3, 0.4) is 0 Å². The number of carbonyl (C=O) groups is 2. The van der Waals surface area contributed by atoms with Crippen molar-refractivity contribution in [2.75, 3.05) is 7.11 Å². The van der Waals surface area contributed by atoms with Crippen LogP contribution in [0, 0.1) is 0 Å². The molecule has 2 aromatic rings. The summed E-state index contributed by atoms with van der Waals surface area (Å²) in [5.41, 5.74) is -0.0267. The van der Waals surface area contributed by atoms with Crippen LogP contribution in [0.15, 0.2) is 36.7 Å². The zero-order valence-corrected chi connectivity index (χ0v) is 14.7. The molecule has 1 heterocycles. The third-order valence-corrected chi connectivity index (χ3v) is 3.95. The second-order valence-corrected chi connectivity index (χ2v) is 6.08. The molecule has 25 heavy (non-hydrogen) atoms. The van der Waals surface area contributed by atoms with Gasteiger partial charge in [0.1, 0.15) is 5.75 Å². The van der Waals surface area contributed by atoms with E-state index in [4.69, 9.17) is 4.74 Å². The molecule has 2 N–H and O–H groups in total. The van der Waals surface area contributed by atoms with Crippen molar-refractivity contribution >= 4 is 11.9 Å². The third-order valence-electron chi connectivity index (χ3n) is 3.95. The van der Waals surface area contributed by atoms with Gasteiger partial charge in [-0.25, -0.2) is 0 Å². The number of benzene rings is 1. The number of hydrogen-bond acceptors (Lipinski definition) is 4. The van der Waals surface area contributed by atoms with Gasteiger partial charge in [-0.1, -0.05) is 19.1 Å². The maximum absolute atomic E-state index is 12.6. The number of rotatable bonds is 8. The number of ether oxygens (including phenoxy) is 1. The minimum absolute atomic E-state index is 0.255. The first-order chi connectivity index (χ1) is 11.9. The lowest BCUT2D eigenvalue weighted by atomic mass is 9.88. The number of carbonyl (C=O) groups excluding carboxylic acids is 1. The molecule has 0 aliphatic carbocycles. The van der Waals surface area contributed by atoms with E-state index in [1.807, 2.05) is 6.92 Å². The van der Waals surface area contributed by atoms with E-state index in [2.05, 4.69) is 10.4 Å². The van der Waals surface area contributed by atoms with Crippen LogP contribution in [0.2, 0.25) is 0 Å². The summed E-state index contributed by atoms with van der Waals surface area (Å²) in [6.07, 6.45) is 3.79. The molecule has 0 spiro atoms. The number of carboxylic acid groups (broad SMARTS) is 1. The molecular formula is C18H23N3O4. The Hall–Kier alpha value is -2.83. The number of methoxy groups -OCH3 is 1. The summed E-state index contributed by atoms with van der Waals surface area (Å²) >= 11 is 0. The van der Waals surface area contributed by atoms with Gasteiger partial charge in [0, 0.05) is 12.7 Å². The fourth-order valence-corrected chi connectivity index (χ4v) is 2.64. The molecule has 0 fully saturated rings. The highest BCUT2D eigenvalue weighted by atomic mass is 16.5. The van der Waals surface area contributed by atoms with Crippen molar-refractivity contribution in [1.29, 1.82) is 0 Å². The highest BCUT2D eigenvalue weighted by Crippen LogP contribution is 2.28. The number of aromatic nitrogens is 2. The maximum Gasteiger partial charge on any atom is 0.306 e. The van der Waals surface area contributed by atoms with Crippen LogP contribution in [0.25, 0.3) is 0 Å². The highest BCUT2D eigenvalue weighted by Gasteiger charge is 2.32. The zero-order chi connectivity index (χ0) is 18.4. The number of amides is 1. The van der Waals surface area contributed by atoms with E-state index in [-0.39, 0.29) is 12.3 Å². The Kier molecular flexibility index (Phi) is 5.80. The fraction of sp³-hybridized carbons (Fsp3) is 0.389. The maximum atomic E-state index is 12.6. The molecule has 1 aromatic carbocycles. The van der Waals surface area contributed by atoms with Gasteiger partial charge in [-0.3, -0.25) is 14.3 Å². The van der Waals surface area contributed by atoms with E-state index >= 15 is 0 Å².